The lowest BCUT2D eigenvalue weighted by atomic mass is 9.99. The topological polar surface area (TPSA) is 110 Å². The summed E-state index contributed by atoms with van der Waals surface area (Å²) in [5.41, 5.74) is -1.11. The summed E-state index contributed by atoms with van der Waals surface area (Å²) in [6.07, 6.45) is -0.326. The molecule has 0 aliphatic heterocycles. The lowest BCUT2D eigenvalue weighted by Gasteiger charge is -2.28. The lowest BCUT2D eigenvalue weighted by Crippen LogP contribution is -2.50. The van der Waals surface area contributed by atoms with Crippen LogP contribution in [0, 0.1) is 0 Å². The van der Waals surface area contributed by atoms with Gasteiger partial charge in [0.1, 0.15) is 4.21 Å². The summed E-state index contributed by atoms with van der Waals surface area (Å²) in [5, 5.41) is 11.6. The summed E-state index contributed by atoms with van der Waals surface area (Å²) in [4.78, 5) is 23.8. The van der Waals surface area contributed by atoms with Gasteiger partial charge in [-0.15, -0.1) is 11.3 Å². The molecule has 0 bridgehead atoms. The van der Waals surface area contributed by atoms with Crippen LogP contribution in [0.25, 0.3) is 0 Å². The molecule has 2 N–H and O–H groups in total. The van der Waals surface area contributed by atoms with Crippen LogP contribution in [0.15, 0.2) is 51.6 Å². The second kappa shape index (κ2) is 7.98. The Labute approximate surface area is 155 Å². The average Bonchev–Trinajstić information content (AvgIpc) is 3.05. The van der Waals surface area contributed by atoms with E-state index >= 15 is 0 Å². The van der Waals surface area contributed by atoms with Crippen molar-refractivity contribution in [1.29, 1.82) is 0 Å². The van der Waals surface area contributed by atoms with Crippen molar-refractivity contribution in [3.63, 3.8) is 0 Å². The molecule has 1 aromatic carbocycles. The van der Waals surface area contributed by atoms with Gasteiger partial charge >= 0.3 is 5.97 Å². The Morgan fingerprint density at radius 3 is 2.42 bits per heavy atom. The maximum absolute atomic E-state index is 12.6. The van der Waals surface area contributed by atoms with Crippen LogP contribution in [-0.4, -0.2) is 44.7 Å². The Morgan fingerprint density at radius 2 is 1.85 bits per heavy atom. The van der Waals surface area contributed by atoms with Crippen LogP contribution < -0.4 is 5.32 Å². The van der Waals surface area contributed by atoms with Crippen molar-refractivity contribution in [1.82, 2.24) is 5.32 Å². The van der Waals surface area contributed by atoms with Crippen molar-refractivity contribution in [3.05, 3.63) is 47.3 Å². The van der Waals surface area contributed by atoms with Gasteiger partial charge in [-0.1, -0.05) is 18.2 Å². The molecular formula is C17H19NO6S2. The summed E-state index contributed by atoms with van der Waals surface area (Å²) in [5.74, 6) is -1.63. The third-order valence-corrected chi connectivity index (χ3v) is 6.89. The maximum Gasteiger partial charge on any atom is 0.305 e. The number of carboxylic acids is 1. The van der Waals surface area contributed by atoms with Crippen LogP contribution in [0.1, 0.15) is 23.0 Å². The molecule has 1 heterocycles. The molecule has 0 fully saturated rings. The highest BCUT2D eigenvalue weighted by molar-refractivity contribution is 7.93. The first kappa shape index (κ1) is 20.1. The first-order chi connectivity index (χ1) is 12.2. The number of hydrogen-bond acceptors (Lipinski definition) is 6. The summed E-state index contributed by atoms with van der Waals surface area (Å²) >= 11 is 0.832. The van der Waals surface area contributed by atoms with Crippen molar-refractivity contribution < 1.29 is 27.9 Å². The number of hydrogen-bond donors (Lipinski definition) is 2. The summed E-state index contributed by atoms with van der Waals surface area (Å²) in [6.45, 7) is 1.56. The molecule has 0 saturated heterocycles. The van der Waals surface area contributed by atoms with Gasteiger partial charge in [-0.25, -0.2) is 8.42 Å². The zero-order valence-electron chi connectivity index (χ0n) is 14.3. The number of benzene rings is 1. The van der Waals surface area contributed by atoms with Gasteiger partial charge in [0, 0.05) is 7.11 Å². The molecule has 0 spiro atoms. The predicted molar refractivity (Wildman–Crippen MR) is 96.2 cm³/mol. The van der Waals surface area contributed by atoms with Crippen LogP contribution in [0.3, 0.4) is 0 Å². The smallest absolute Gasteiger partial charge is 0.305 e. The SMILES string of the molecule is COCC(C)(CC(=O)O)NC(=O)c1ccc(S(=O)(=O)c2ccccc2)s1. The second-order valence-electron chi connectivity index (χ2n) is 5.95. The van der Waals surface area contributed by atoms with E-state index in [0.717, 1.165) is 11.3 Å². The number of amides is 1. The van der Waals surface area contributed by atoms with E-state index in [1.165, 1.54) is 31.4 Å². The Hall–Kier alpha value is -2.23. The van der Waals surface area contributed by atoms with E-state index in [9.17, 15) is 18.0 Å². The van der Waals surface area contributed by atoms with E-state index in [1.54, 1.807) is 25.1 Å². The Bertz CT molecular complexity index is 891. The normalized spacial score (nSPS) is 13.8. The average molecular weight is 397 g/mol. The molecule has 1 amide bonds. The monoisotopic (exact) mass is 397 g/mol. The molecule has 140 valence electrons. The third-order valence-electron chi connectivity index (χ3n) is 3.54. The Balaban J connectivity index is 2.23. The molecule has 1 aromatic heterocycles. The molecule has 7 nitrogen and oxygen atoms in total. The van der Waals surface area contributed by atoms with E-state index in [-0.39, 0.29) is 27.0 Å². The predicted octanol–water partition coefficient (Wildman–Crippen LogP) is 2.19. The fourth-order valence-electron chi connectivity index (χ4n) is 2.42. The van der Waals surface area contributed by atoms with Gasteiger partial charge in [0.05, 0.1) is 28.3 Å². The van der Waals surface area contributed by atoms with E-state index in [2.05, 4.69) is 5.32 Å². The zero-order chi connectivity index (χ0) is 19.4. The standard InChI is InChI=1S/C17H19NO6S2/c1-17(11-24-2,10-14(19)20)18-16(21)13-8-9-15(25-13)26(22,23)12-6-4-3-5-7-12/h3-9H,10-11H2,1-2H3,(H,18,21)(H,19,20). The van der Waals surface area contributed by atoms with Crippen LogP contribution in [-0.2, 0) is 19.4 Å². The van der Waals surface area contributed by atoms with E-state index in [1.807, 2.05) is 0 Å². The van der Waals surface area contributed by atoms with Gasteiger partial charge < -0.3 is 15.2 Å². The molecule has 2 aromatic rings. The van der Waals surface area contributed by atoms with Crippen molar-refractivity contribution >= 4 is 33.1 Å². The number of thiophene rings is 1. The zero-order valence-corrected chi connectivity index (χ0v) is 15.9. The molecule has 26 heavy (non-hydrogen) atoms. The fourth-order valence-corrected chi connectivity index (χ4v) is 5.05. The second-order valence-corrected chi connectivity index (χ2v) is 9.21. The molecular weight excluding hydrogens is 378 g/mol. The van der Waals surface area contributed by atoms with Crippen LogP contribution in [0.2, 0.25) is 0 Å². The highest BCUT2D eigenvalue weighted by Gasteiger charge is 2.31. The van der Waals surface area contributed by atoms with Crippen molar-refractivity contribution in [3.8, 4) is 0 Å². The summed E-state index contributed by atoms with van der Waals surface area (Å²) in [7, 11) is -2.30. The third kappa shape index (κ3) is 4.69. The van der Waals surface area contributed by atoms with Crippen molar-refractivity contribution in [2.45, 2.75) is 28.0 Å². The minimum atomic E-state index is -3.70. The maximum atomic E-state index is 12.6. The summed E-state index contributed by atoms with van der Waals surface area (Å²) < 4.78 is 30.2. The van der Waals surface area contributed by atoms with Gasteiger partial charge in [0.2, 0.25) is 9.84 Å². The number of methoxy groups -OCH3 is 1. The number of nitrogens with one attached hydrogen (secondary N) is 1. The first-order valence-corrected chi connectivity index (χ1v) is 9.91. The molecule has 2 rings (SSSR count). The molecule has 9 heteroatoms. The number of sulfone groups is 1. The quantitative estimate of drug-likeness (QED) is 0.707. The number of carbonyl (C=O) groups is 2. The van der Waals surface area contributed by atoms with Crippen molar-refractivity contribution in [2.75, 3.05) is 13.7 Å². The highest BCUT2D eigenvalue weighted by atomic mass is 32.2. The van der Waals surface area contributed by atoms with Crippen LogP contribution in [0.4, 0.5) is 0 Å². The molecule has 0 aliphatic rings. The number of ether oxygens (including phenoxy) is 1. The van der Waals surface area contributed by atoms with Gasteiger partial charge in [0.25, 0.3) is 5.91 Å². The van der Waals surface area contributed by atoms with Gasteiger partial charge in [-0.3, -0.25) is 9.59 Å². The highest BCUT2D eigenvalue weighted by Crippen LogP contribution is 2.28. The van der Waals surface area contributed by atoms with Crippen molar-refractivity contribution in [2.24, 2.45) is 0 Å². The van der Waals surface area contributed by atoms with Gasteiger partial charge in [-0.05, 0) is 31.2 Å². The Morgan fingerprint density at radius 1 is 1.19 bits per heavy atom. The largest absolute Gasteiger partial charge is 0.481 e. The number of rotatable bonds is 8. The van der Waals surface area contributed by atoms with E-state index in [4.69, 9.17) is 9.84 Å². The minimum Gasteiger partial charge on any atom is -0.481 e. The van der Waals surface area contributed by atoms with E-state index in [0.29, 0.717) is 0 Å². The van der Waals surface area contributed by atoms with Gasteiger partial charge in [-0.2, -0.15) is 0 Å². The number of carboxylic acid groups (broad SMARTS) is 1. The molecule has 1 unspecified atom stereocenters. The van der Waals surface area contributed by atoms with Gasteiger partial charge in [0.15, 0.2) is 0 Å². The first-order valence-electron chi connectivity index (χ1n) is 7.61. The lowest BCUT2D eigenvalue weighted by molar-refractivity contribution is -0.139. The molecule has 1 atom stereocenters. The van der Waals surface area contributed by atoms with Crippen LogP contribution in [0.5, 0.6) is 0 Å². The van der Waals surface area contributed by atoms with Crippen LogP contribution >= 0.6 is 11.3 Å². The molecule has 0 radical (unpaired) electrons. The molecule has 0 saturated carbocycles. The fraction of sp³-hybridized carbons (Fsp3) is 0.294. The molecule has 0 aliphatic carbocycles. The Kier molecular flexibility index (Phi) is 6.17. The van der Waals surface area contributed by atoms with E-state index < -0.39 is 27.3 Å². The summed E-state index contributed by atoms with van der Waals surface area (Å²) in [6, 6.07) is 10.7. The number of aliphatic carboxylic acids is 1. The number of carbonyl (C=O) groups excluding carboxylic acids is 1. The minimum absolute atomic E-state index is 0.00554.